The molecular formula is C27H43N3O7. The van der Waals surface area contributed by atoms with Crippen LogP contribution in [0.3, 0.4) is 0 Å². The smallest absolute Gasteiger partial charge is 0.408 e. The highest BCUT2D eigenvalue weighted by atomic mass is 16.6. The van der Waals surface area contributed by atoms with Crippen molar-refractivity contribution in [2.45, 2.75) is 85.4 Å². The summed E-state index contributed by atoms with van der Waals surface area (Å²) in [4.78, 5) is 53.2. The van der Waals surface area contributed by atoms with Crippen LogP contribution in [0.15, 0.2) is 18.2 Å². The summed E-state index contributed by atoms with van der Waals surface area (Å²) < 4.78 is 10.0. The molecule has 0 radical (unpaired) electrons. The van der Waals surface area contributed by atoms with Crippen molar-refractivity contribution in [1.82, 2.24) is 15.5 Å². The lowest BCUT2D eigenvalue weighted by Crippen LogP contribution is -2.55. The van der Waals surface area contributed by atoms with Crippen molar-refractivity contribution in [3.63, 3.8) is 0 Å². The molecule has 0 bridgehead atoms. The number of unbranched alkanes of at least 4 members (excludes halogenated alkanes) is 1. The second-order valence-electron chi connectivity index (χ2n) is 10.1. The molecule has 0 aliphatic rings. The minimum Gasteiger partial charge on any atom is -0.507 e. The van der Waals surface area contributed by atoms with Crippen molar-refractivity contribution in [2.24, 2.45) is 5.92 Å². The van der Waals surface area contributed by atoms with E-state index in [1.54, 1.807) is 45.9 Å². The number of carbonyl (C=O) groups excluding carboxylic acids is 4. The molecule has 0 saturated carbocycles. The fraction of sp³-hybridized carbons (Fsp3) is 0.630. The number of phenols is 1. The lowest BCUT2D eigenvalue weighted by atomic mass is 9.94. The van der Waals surface area contributed by atoms with E-state index in [2.05, 4.69) is 15.4 Å². The van der Waals surface area contributed by atoms with Gasteiger partial charge in [0.2, 0.25) is 11.8 Å². The van der Waals surface area contributed by atoms with Gasteiger partial charge in [0, 0.05) is 12.1 Å². The van der Waals surface area contributed by atoms with Crippen molar-refractivity contribution >= 4 is 23.9 Å². The minimum atomic E-state index is -1.25. The second kappa shape index (κ2) is 14.4. The van der Waals surface area contributed by atoms with Gasteiger partial charge in [0.05, 0.1) is 7.11 Å². The molecule has 37 heavy (non-hydrogen) atoms. The number of alkyl carbamates (subject to hydrolysis) is 1. The van der Waals surface area contributed by atoms with Gasteiger partial charge in [-0.25, -0.2) is 4.79 Å². The van der Waals surface area contributed by atoms with E-state index >= 15 is 0 Å². The van der Waals surface area contributed by atoms with Crippen LogP contribution in [0.2, 0.25) is 0 Å². The van der Waals surface area contributed by atoms with Crippen LogP contribution in [0, 0.1) is 12.8 Å². The Kier molecular flexibility index (Phi) is 12.4. The van der Waals surface area contributed by atoms with Gasteiger partial charge in [-0.05, 0) is 45.6 Å². The molecule has 0 saturated heterocycles. The average molecular weight is 522 g/mol. The minimum absolute atomic E-state index is 0.129. The molecule has 0 aromatic heterocycles. The second-order valence-corrected chi connectivity index (χ2v) is 10.1. The number of carbonyl (C=O) groups is 4. The zero-order valence-electron chi connectivity index (χ0n) is 23.3. The number of esters is 1. The summed E-state index contributed by atoms with van der Waals surface area (Å²) in [6.45, 7) is 12.3. The average Bonchev–Trinajstić information content (AvgIpc) is 2.83. The van der Waals surface area contributed by atoms with Crippen LogP contribution in [0.25, 0.3) is 0 Å². The first-order valence-corrected chi connectivity index (χ1v) is 12.7. The molecule has 10 nitrogen and oxygen atoms in total. The maximum absolute atomic E-state index is 14.1. The number of benzene rings is 1. The molecular weight excluding hydrogens is 478 g/mol. The van der Waals surface area contributed by atoms with Crippen LogP contribution in [-0.2, 0) is 23.9 Å². The number of ether oxygens (including phenoxy) is 2. The zero-order valence-corrected chi connectivity index (χ0v) is 23.3. The molecule has 208 valence electrons. The Labute approximate surface area is 220 Å². The lowest BCUT2D eigenvalue weighted by molar-refractivity contribution is -0.145. The Morgan fingerprint density at radius 1 is 1.14 bits per heavy atom. The molecule has 1 aromatic rings. The number of hydrogen-bond acceptors (Lipinski definition) is 7. The first-order valence-electron chi connectivity index (χ1n) is 12.7. The molecule has 0 fully saturated rings. The summed E-state index contributed by atoms with van der Waals surface area (Å²) >= 11 is 0. The number of para-hydroxylation sites is 1. The van der Waals surface area contributed by atoms with Gasteiger partial charge in [-0.2, -0.15) is 0 Å². The van der Waals surface area contributed by atoms with Gasteiger partial charge in [-0.15, -0.1) is 0 Å². The first-order chi connectivity index (χ1) is 17.3. The summed E-state index contributed by atoms with van der Waals surface area (Å²) in [6.07, 6.45) is 1.13. The van der Waals surface area contributed by atoms with Gasteiger partial charge in [0.1, 0.15) is 30.0 Å². The van der Waals surface area contributed by atoms with Crippen LogP contribution in [-0.4, -0.2) is 65.7 Å². The number of hydrogen-bond donors (Lipinski definition) is 3. The summed E-state index contributed by atoms with van der Waals surface area (Å²) in [5.74, 6) is -2.22. The van der Waals surface area contributed by atoms with Gasteiger partial charge in [-0.1, -0.05) is 51.8 Å². The number of rotatable bonds is 12. The SMILES string of the molecule is CCCCN(C(=O)C(NC(=O)OC(C)(C)C)C(C)CC)C(C(=O)NCC(=O)OC)c1cccc(C)c1O. The lowest BCUT2D eigenvalue weighted by Gasteiger charge is -2.36. The number of amides is 3. The first kappa shape index (κ1) is 31.7. The largest absolute Gasteiger partial charge is 0.507 e. The van der Waals surface area contributed by atoms with Crippen LogP contribution in [0.1, 0.15) is 78.0 Å². The quantitative estimate of drug-likeness (QED) is 0.358. The molecule has 1 rings (SSSR count). The Morgan fingerprint density at radius 3 is 2.32 bits per heavy atom. The highest BCUT2D eigenvalue weighted by Crippen LogP contribution is 2.33. The zero-order chi connectivity index (χ0) is 28.3. The van der Waals surface area contributed by atoms with Gasteiger partial charge < -0.3 is 30.1 Å². The third kappa shape index (κ3) is 9.59. The summed E-state index contributed by atoms with van der Waals surface area (Å²) in [6, 6.07) is 2.69. The Bertz CT molecular complexity index is 942. The molecule has 1 aromatic carbocycles. The normalized spacial score (nSPS) is 13.6. The molecule has 3 N–H and O–H groups in total. The van der Waals surface area contributed by atoms with E-state index in [1.165, 1.54) is 12.0 Å². The van der Waals surface area contributed by atoms with E-state index in [1.807, 2.05) is 20.8 Å². The number of nitrogens with zero attached hydrogens (tertiary/aromatic N) is 1. The molecule has 0 spiro atoms. The fourth-order valence-corrected chi connectivity index (χ4v) is 3.67. The summed E-state index contributed by atoms with van der Waals surface area (Å²) in [5.41, 5.74) is -0.0258. The van der Waals surface area contributed by atoms with E-state index in [0.717, 1.165) is 6.42 Å². The maximum atomic E-state index is 14.1. The van der Waals surface area contributed by atoms with Crippen LogP contribution in [0.4, 0.5) is 4.79 Å². The number of methoxy groups -OCH3 is 1. The number of aromatic hydroxyl groups is 1. The van der Waals surface area contributed by atoms with Gasteiger partial charge in [-0.3, -0.25) is 14.4 Å². The maximum Gasteiger partial charge on any atom is 0.408 e. The molecule has 3 amide bonds. The van der Waals surface area contributed by atoms with Gasteiger partial charge in [0.25, 0.3) is 0 Å². The fourth-order valence-electron chi connectivity index (χ4n) is 3.67. The Hall–Kier alpha value is -3.30. The topological polar surface area (TPSA) is 134 Å². The van der Waals surface area contributed by atoms with E-state index in [9.17, 15) is 24.3 Å². The summed E-state index contributed by atoms with van der Waals surface area (Å²) in [5, 5.41) is 16.1. The molecule has 10 heteroatoms. The third-order valence-electron chi connectivity index (χ3n) is 5.95. The van der Waals surface area contributed by atoms with E-state index in [0.29, 0.717) is 18.4 Å². The van der Waals surface area contributed by atoms with Crippen LogP contribution >= 0.6 is 0 Å². The Balaban J connectivity index is 3.57. The van der Waals surface area contributed by atoms with Crippen LogP contribution in [0.5, 0.6) is 5.75 Å². The third-order valence-corrected chi connectivity index (χ3v) is 5.95. The van der Waals surface area contributed by atoms with Crippen molar-refractivity contribution in [3.8, 4) is 5.75 Å². The predicted octanol–water partition coefficient (Wildman–Crippen LogP) is 3.60. The molecule has 0 heterocycles. The van der Waals surface area contributed by atoms with Crippen molar-refractivity contribution in [1.29, 1.82) is 0 Å². The number of phenolic OH excluding ortho intramolecular Hbond substituents is 1. The molecule has 0 aliphatic carbocycles. The van der Waals surface area contributed by atoms with Crippen LogP contribution < -0.4 is 10.6 Å². The van der Waals surface area contributed by atoms with Crippen molar-refractivity contribution < 1.29 is 33.8 Å². The highest BCUT2D eigenvalue weighted by Gasteiger charge is 2.39. The number of aryl methyl sites for hydroxylation is 1. The standard InChI is InChI=1S/C27H43N3O7/c1-9-11-15-30(25(34)21(17(3)10-2)29-26(35)37-27(5,6)7)22(24(33)28-16-20(31)36-8)19-14-12-13-18(4)23(19)32/h12-14,17,21-22,32H,9-11,15-16H2,1-8H3,(H,28,33)(H,29,35). The van der Waals surface area contributed by atoms with E-state index in [4.69, 9.17) is 4.74 Å². The van der Waals surface area contributed by atoms with Crippen molar-refractivity contribution in [3.05, 3.63) is 29.3 Å². The Morgan fingerprint density at radius 2 is 1.78 bits per heavy atom. The number of nitrogens with one attached hydrogen (secondary N) is 2. The molecule has 3 unspecified atom stereocenters. The van der Waals surface area contributed by atoms with Gasteiger partial charge >= 0.3 is 12.1 Å². The highest BCUT2D eigenvalue weighted by molar-refractivity contribution is 5.93. The monoisotopic (exact) mass is 521 g/mol. The van der Waals surface area contributed by atoms with E-state index in [-0.39, 0.29) is 23.8 Å². The van der Waals surface area contributed by atoms with E-state index < -0.39 is 48.1 Å². The molecule has 0 aliphatic heterocycles. The van der Waals surface area contributed by atoms with Crippen molar-refractivity contribution in [2.75, 3.05) is 20.2 Å². The molecule has 3 atom stereocenters. The van der Waals surface area contributed by atoms with Gasteiger partial charge in [0.15, 0.2) is 0 Å². The predicted molar refractivity (Wildman–Crippen MR) is 140 cm³/mol. The summed E-state index contributed by atoms with van der Waals surface area (Å²) in [7, 11) is 1.20.